The van der Waals surface area contributed by atoms with Gasteiger partial charge in [-0.25, -0.2) is 0 Å². The van der Waals surface area contributed by atoms with Crippen LogP contribution in [0.3, 0.4) is 0 Å². The molecule has 6 heteroatoms. The van der Waals surface area contributed by atoms with Gasteiger partial charge < -0.3 is 5.32 Å². The third-order valence-corrected chi connectivity index (χ3v) is 3.61. The number of alkyl halides is 3. The lowest BCUT2D eigenvalue weighted by molar-refractivity contribution is -0.137. The molecular weight excluding hydrogens is 279 g/mol. The second-order valence-corrected chi connectivity index (χ2v) is 5.13. The average molecular weight is 297 g/mol. The number of aromatic nitrogens is 2. The molecule has 0 saturated carbocycles. The van der Waals surface area contributed by atoms with Crippen molar-refractivity contribution in [3.05, 3.63) is 52.8 Å². The van der Waals surface area contributed by atoms with Crippen molar-refractivity contribution in [2.24, 2.45) is 0 Å². The summed E-state index contributed by atoms with van der Waals surface area (Å²) in [5, 5.41) is 6.91. The fraction of sp³-hybridized carbons (Fsp3) is 0.400. The fourth-order valence-corrected chi connectivity index (χ4v) is 2.14. The average Bonchev–Trinajstić information content (AvgIpc) is 2.88. The van der Waals surface area contributed by atoms with Gasteiger partial charge in [-0.05, 0) is 37.6 Å². The van der Waals surface area contributed by atoms with Crippen LogP contribution in [0, 0.1) is 13.8 Å². The molecule has 1 aromatic heterocycles. The predicted octanol–water partition coefficient (Wildman–Crippen LogP) is 3.48. The Bertz CT molecular complexity index is 617. The van der Waals surface area contributed by atoms with Crippen LogP contribution in [-0.4, -0.2) is 16.8 Å². The van der Waals surface area contributed by atoms with E-state index in [9.17, 15) is 13.2 Å². The molecule has 0 radical (unpaired) electrons. The Morgan fingerprint density at radius 2 is 1.95 bits per heavy atom. The van der Waals surface area contributed by atoms with Crippen LogP contribution in [0.2, 0.25) is 0 Å². The van der Waals surface area contributed by atoms with Crippen LogP contribution in [0.25, 0.3) is 0 Å². The normalized spacial score (nSPS) is 13.4. The van der Waals surface area contributed by atoms with Gasteiger partial charge in [-0.2, -0.15) is 18.3 Å². The third-order valence-electron chi connectivity index (χ3n) is 3.61. The maximum atomic E-state index is 12.6. The number of halogens is 3. The van der Waals surface area contributed by atoms with Crippen LogP contribution in [0.4, 0.5) is 13.2 Å². The standard InChI is InChI=1S/C15H18F3N3/c1-10-4-5-12(6-11(10)2)14(19-3)9-21-8-13(7-20-21)15(16,17)18/h4-8,14,19H,9H2,1-3H3. The van der Waals surface area contributed by atoms with Crippen molar-refractivity contribution in [3.8, 4) is 0 Å². The Morgan fingerprint density at radius 1 is 1.24 bits per heavy atom. The van der Waals surface area contributed by atoms with Gasteiger partial charge in [0.05, 0.1) is 24.3 Å². The van der Waals surface area contributed by atoms with E-state index in [4.69, 9.17) is 0 Å². The number of hydrogen-bond acceptors (Lipinski definition) is 2. The molecule has 0 fully saturated rings. The van der Waals surface area contributed by atoms with Crippen molar-refractivity contribution >= 4 is 0 Å². The van der Waals surface area contributed by atoms with E-state index in [0.29, 0.717) is 6.54 Å². The minimum Gasteiger partial charge on any atom is -0.311 e. The van der Waals surface area contributed by atoms with Gasteiger partial charge in [-0.15, -0.1) is 0 Å². The maximum Gasteiger partial charge on any atom is 0.419 e. The van der Waals surface area contributed by atoms with Crippen molar-refractivity contribution in [2.75, 3.05) is 7.05 Å². The predicted molar refractivity (Wildman–Crippen MR) is 74.9 cm³/mol. The quantitative estimate of drug-likeness (QED) is 0.936. The minimum atomic E-state index is -4.35. The molecule has 0 aliphatic rings. The first kappa shape index (κ1) is 15.6. The van der Waals surface area contributed by atoms with Crippen molar-refractivity contribution in [1.82, 2.24) is 15.1 Å². The van der Waals surface area contributed by atoms with Crippen LogP contribution >= 0.6 is 0 Å². The summed E-state index contributed by atoms with van der Waals surface area (Å²) in [4.78, 5) is 0. The molecule has 0 saturated heterocycles. The van der Waals surface area contributed by atoms with Crippen LogP contribution in [0.15, 0.2) is 30.6 Å². The van der Waals surface area contributed by atoms with Crippen LogP contribution < -0.4 is 5.32 Å². The Labute approximate surface area is 121 Å². The van der Waals surface area contributed by atoms with Gasteiger partial charge in [0.25, 0.3) is 0 Å². The summed E-state index contributed by atoms with van der Waals surface area (Å²) in [6.45, 7) is 4.38. The molecule has 1 heterocycles. The van der Waals surface area contributed by atoms with Crippen molar-refractivity contribution < 1.29 is 13.2 Å². The van der Waals surface area contributed by atoms with E-state index in [1.165, 1.54) is 10.2 Å². The highest BCUT2D eigenvalue weighted by molar-refractivity contribution is 5.31. The molecule has 1 N–H and O–H groups in total. The monoisotopic (exact) mass is 297 g/mol. The van der Waals surface area contributed by atoms with Gasteiger partial charge in [-0.3, -0.25) is 4.68 Å². The lowest BCUT2D eigenvalue weighted by Crippen LogP contribution is -2.22. The summed E-state index contributed by atoms with van der Waals surface area (Å²) in [7, 11) is 1.79. The summed E-state index contributed by atoms with van der Waals surface area (Å²) in [5.74, 6) is 0. The van der Waals surface area contributed by atoms with E-state index >= 15 is 0 Å². The number of nitrogens with zero attached hydrogens (tertiary/aromatic N) is 2. The highest BCUT2D eigenvalue weighted by Gasteiger charge is 2.32. The minimum absolute atomic E-state index is 0.0923. The number of rotatable bonds is 4. The Morgan fingerprint density at radius 3 is 2.48 bits per heavy atom. The van der Waals surface area contributed by atoms with Gasteiger partial charge in [-0.1, -0.05) is 18.2 Å². The first-order valence-electron chi connectivity index (χ1n) is 6.65. The number of nitrogens with one attached hydrogen (secondary N) is 1. The summed E-state index contributed by atoms with van der Waals surface area (Å²) >= 11 is 0. The van der Waals surface area contributed by atoms with Crippen LogP contribution in [0.1, 0.15) is 28.3 Å². The molecule has 0 aliphatic heterocycles. The SMILES string of the molecule is CNC(Cn1cc(C(F)(F)F)cn1)c1ccc(C)c(C)c1. The summed E-state index contributed by atoms with van der Waals surface area (Å²) in [6.07, 6.45) is -2.47. The fourth-order valence-electron chi connectivity index (χ4n) is 2.14. The van der Waals surface area contributed by atoms with Crippen molar-refractivity contribution in [2.45, 2.75) is 32.6 Å². The van der Waals surface area contributed by atoms with Gasteiger partial charge >= 0.3 is 6.18 Å². The molecule has 21 heavy (non-hydrogen) atoms. The number of benzene rings is 1. The lowest BCUT2D eigenvalue weighted by Gasteiger charge is -2.18. The Hall–Kier alpha value is -1.82. The number of aryl methyl sites for hydroxylation is 2. The molecule has 2 aromatic rings. The molecule has 1 atom stereocenters. The lowest BCUT2D eigenvalue weighted by atomic mass is 10.0. The number of likely N-dealkylation sites (N-methyl/N-ethyl adjacent to an activating group) is 1. The molecule has 0 bridgehead atoms. The highest BCUT2D eigenvalue weighted by Crippen LogP contribution is 2.29. The second-order valence-electron chi connectivity index (χ2n) is 5.13. The molecule has 0 amide bonds. The van der Waals surface area contributed by atoms with Crippen LogP contribution in [-0.2, 0) is 12.7 Å². The van der Waals surface area contributed by atoms with Crippen LogP contribution in [0.5, 0.6) is 0 Å². The maximum absolute atomic E-state index is 12.6. The van der Waals surface area contributed by atoms with E-state index in [-0.39, 0.29) is 6.04 Å². The summed E-state index contributed by atoms with van der Waals surface area (Å²) in [5.41, 5.74) is 2.65. The first-order valence-corrected chi connectivity index (χ1v) is 6.65. The topological polar surface area (TPSA) is 29.9 Å². The zero-order chi connectivity index (χ0) is 15.6. The van der Waals surface area contributed by atoms with Gasteiger partial charge in [0.15, 0.2) is 0 Å². The van der Waals surface area contributed by atoms with Crippen molar-refractivity contribution in [1.29, 1.82) is 0 Å². The largest absolute Gasteiger partial charge is 0.419 e. The van der Waals surface area contributed by atoms with Gasteiger partial charge in [0, 0.05) is 6.20 Å². The van der Waals surface area contributed by atoms with E-state index in [1.807, 2.05) is 32.0 Å². The molecule has 1 unspecified atom stereocenters. The summed E-state index contributed by atoms with van der Waals surface area (Å²) in [6, 6.07) is 5.95. The Kier molecular flexibility index (Phi) is 4.37. The van der Waals surface area contributed by atoms with Gasteiger partial charge in [0.1, 0.15) is 0 Å². The molecule has 0 spiro atoms. The molecular formula is C15H18F3N3. The second kappa shape index (κ2) is 5.89. The molecule has 0 aliphatic carbocycles. The highest BCUT2D eigenvalue weighted by atomic mass is 19.4. The first-order chi connectivity index (χ1) is 9.81. The van der Waals surface area contributed by atoms with E-state index in [1.54, 1.807) is 7.05 Å². The molecule has 1 aromatic carbocycles. The smallest absolute Gasteiger partial charge is 0.311 e. The van der Waals surface area contributed by atoms with E-state index in [2.05, 4.69) is 10.4 Å². The molecule has 3 nitrogen and oxygen atoms in total. The van der Waals surface area contributed by atoms with E-state index in [0.717, 1.165) is 23.5 Å². The molecule has 114 valence electrons. The van der Waals surface area contributed by atoms with Crippen molar-refractivity contribution in [3.63, 3.8) is 0 Å². The zero-order valence-electron chi connectivity index (χ0n) is 12.2. The number of hydrogen-bond donors (Lipinski definition) is 1. The zero-order valence-corrected chi connectivity index (χ0v) is 12.2. The van der Waals surface area contributed by atoms with E-state index < -0.39 is 11.7 Å². The van der Waals surface area contributed by atoms with Gasteiger partial charge in [0.2, 0.25) is 0 Å². The summed E-state index contributed by atoms with van der Waals surface area (Å²) < 4.78 is 39.0. The molecule has 2 rings (SSSR count). The Balaban J connectivity index is 2.19. The third kappa shape index (κ3) is 3.64.